The lowest BCUT2D eigenvalue weighted by atomic mass is 9.82. The van der Waals surface area contributed by atoms with Crippen molar-refractivity contribution in [1.82, 2.24) is 10.6 Å². The lowest BCUT2D eigenvalue weighted by Crippen LogP contribution is -2.51. The second-order valence-electron chi connectivity index (χ2n) is 9.66. The Labute approximate surface area is 207 Å². The van der Waals surface area contributed by atoms with Crippen molar-refractivity contribution in [3.63, 3.8) is 0 Å². The van der Waals surface area contributed by atoms with E-state index in [4.69, 9.17) is 4.74 Å². The molecule has 0 radical (unpaired) electrons. The van der Waals surface area contributed by atoms with Crippen LogP contribution in [0.3, 0.4) is 0 Å². The molecular formula is C28H36N2O5. The van der Waals surface area contributed by atoms with Crippen LogP contribution in [-0.4, -0.2) is 42.3 Å². The molecule has 1 atom stereocenters. The number of carbonyl (C=O) groups is 3. The summed E-state index contributed by atoms with van der Waals surface area (Å²) in [5, 5.41) is 15.1. The van der Waals surface area contributed by atoms with E-state index in [0.29, 0.717) is 19.3 Å². The molecule has 2 aromatic rings. The van der Waals surface area contributed by atoms with Gasteiger partial charge in [-0.05, 0) is 47.4 Å². The molecule has 7 heteroatoms. The van der Waals surface area contributed by atoms with Crippen molar-refractivity contribution in [1.29, 1.82) is 0 Å². The molecule has 1 aliphatic carbocycles. The van der Waals surface area contributed by atoms with Crippen molar-refractivity contribution >= 4 is 18.0 Å². The Bertz CT molecular complexity index is 1020. The third-order valence-electron chi connectivity index (χ3n) is 7.07. The molecule has 35 heavy (non-hydrogen) atoms. The van der Waals surface area contributed by atoms with Crippen molar-refractivity contribution in [3.8, 4) is 11.1 Å². The largest absolute Gasteiger partial charge is 0.481 e. The van der Waals surface area contributed by atoms with Gasteiger partial charge in [-0.3, -0.25) is 9.59 Å². The minimum absolute atomic E-state index is 0.00906. The standard InChI is InChI=1S/C28H36N2O5/c1-5-28(6-2,26(32)33)17-29-25(31)24(15-18(3)4)30-27(34)35-16-23-21-13-9-7-11-19(21)20-12-8-10-14-22(20)23/h7-14,18,23-24H,5-6,15-17H2,1-4H3,(H,29,31)(H,30,34)(H,32,33). The third kappa shape index (κ3) is 5.84. The maximum absolute atomic E-state index is 12.9. The first-order valence-electron chi connectivity index (χ1n) is 12.3. The van der Waals surface area contributed by atoms with Gasteiger partial charge in [-0.2, -0.15) is 0 Å². The summed E-state index contributed by atoms with van der Waals surface area (Å²) in [6.07, 6.45) is 0.540. The van der Waals surface area contributed by atoms with Gasteiger partial charge in [0, 0.05) is 12.5 Å². The van der Waals surface area contributed by atoms with Gasteiger partial charge in [-0.25, -0.2) is 4.79 Å². The molecule has 0 bridgehead atoms. The fraction of sp³-hybridized carbons (Fsp3) is 0.464. The van der Waals surface area contributed by atoms with Gasteiger partial charge in [0.05, 0.1) is 5.41 Å². The van der Waals surface area contributed by atoms with E-state index >= 15 is 0 Å². The number of alkyl carbamates (subject to hydrolysis) is 1. The van der Waals surface area contributed by atoms with E-state index in [-0.39, 0.29) is 25.0 Å². The summed E-state index contributed by atoms with van der Waals surface area (Å²) < 4.78 is 5.60. The van der Waals surface area contributed by atoms with Crippen LogP contribution in [0.2, 0.25) is 0 Å². The molecule has 0 saturated heterocycles. The minimum Gasteiger partial charge on any atom is -0.481 e. The van der Waals surface area contributed by atoms with Gasteiger partial charge in [0.1, 0.15) is 12.6 Å². The molecule has 2 amide bonds. The highest BCUT2D eigenvalue weighted by Crippen LogP contribution is 2.44. The fourth-order valence-electron chi connectivity index (χ4n) is 4.74. The zero-order valence-corrected chi connectivity index (χ0v) is 21.0. The lowest BCUT2D eigenvalue weighted by molar-refractivity contribution is -0.149. The molecular weight excluding hydrogens is 444 g/mol. The Morgan fingerprint density at radius 2 is 1.51 bits per heavy atom. The smallest absolute Gasteiger partial charge is 0.407 e. The van der Waals surface area contributed by atoms with Crippen molar-refractivity contribution in [3.05, 3.63) is 59.7 Å². The molecule has 0 heterocycles. The lowest BCUT2D eigenvalue weighted by Gasteiger charge is -2.28. The topological polar surface area (TPSA) is 105 Å². The fourth-order valence-corrected chi connectivity index (χ4v) is 4.74. The van der Waals surface area contributed by atoms with Gasteiger partial charge in [-0.15, -0.1) is 0 Å². The number of nitrogens with one attached hydrogen (secondary N) is 2. The van der Waals surface area contributed by atoms with Gasteiger partial charge in [0.2, 0.25) is 5.91 Å². The highest BCUT2D eigenvalue weighted by Gasteiger charge is 2.36. The second-order valence-corrected chi connectivity index (χ2v) is 9.66. The highest BCUT2D eigenvalue weighted by molar-refractivity contribution is 5.86. The molecule has 0 aromatic heterocycles. The Hall–Kier alpha value is -3.35. The van der Waals surface area contributed by atoms with Gasteiger partial charge in [0.25, 0.3) is 0 Å². The van der Waals surface area contributed by atoms with Crippen LogP contribution in [0.25, 0.3) is 11.1 Å². The molecule has 7 nitrogen and oxygen atoms in total. The number of carboxylic acids is 1. The van der Waals surface area contributed by atoms with E-state index in [1.807, 2.05) is 50.2 Å². The first-order chi connectivity index (χ1) is 16.7. The number of hydrogen-bond donors (Lipinski definition) is 3. The summed E-state index contributed by atoms with van der Waals surface area (Å²) in [5.41, 5.74) is 3.48. The molecule has 0 saturated carbocycles. The van der Waals surface area contributed by atoms with E-state index in [9.17, 15) is 19.5 Å². The molecule has 3 N–H and O–H groups in total. The Morgan fingerprint density at radius 3 is 2.00 bits per heavy atom. The number of carbonyl (C=O) groups excluding carboxylic acids is 2. The van der Waals surface area contributed by atoms with E-state index in [2.05, 4.69) is 22.8 Å². The Morgan fingerprint density at radius 1 is 0.971 bits per heavy atom. The minimum atomic E-state index is -1.03. The number of rotatable bonds is 11. The highest BCUT2D eigenvalue weighted by atomic mass is 16.5. The maximum atomic E-state index is 12.9. The van der Waals surface area contributed by atoms with E-state index < -0.39 is 29.4 Å². The summed E-state index contributed by atoms with van der Waals surface area (Å²) in [4.78, 5) is 37.4. The van der Waals surface area contributed by atoms with E-state index in [1.54, 1.807) is 13.8 Å². The molecule has 0 aliphatic heterocycles. The number of amides is 2. The summed E-state index contributed by atoms with van der Waals surface area (Å²) in [5.74, 6) is -1.27. The van der Waals surface area contributed by atoms with Crippen LogP contribution in [0.5, 0.6) is 0 Å². The molecule has 0 spiro atoms. The number of aliphatic carboxylic acids is 1. The van der Waals surface area contributed by atoms with Gasteiger partial charge >= 0.3 is 12.1 Å². The number of fused-ring (bicyclic) bond motifs is 3. The van der Waals surface area contributed by atoms with Crippen LogP contribution in [0, 0.1) is 11.3 Å². The number of ether oxygens (including phenoxy) is 1. The summed E-state index contributed by atoms with van der Waals surface area (Å²) in [6, 6.07) is 15.4. The molecule has 2 aromatic carbocycles. The molecule has 3 rings (SSSR count). The first-order valence-corrected chi connectivity index (χ1v) is 12.3. The van der Waals surface area contributed by atoms with Gasteiger partial charge in [-0.1, -0.05) is 76.2 Å². The molecule has 1 aliphatic rings. The summed E-state index contributed by atoms with van der Waals surface area (Å²) >= 11 is 0. The molecule has 188 valence electrons. The Kier molecular flexibility index (Phi) is 8.54. The van der Waals surface area contributed by atoms with Crippen molar-refractivity contribution in [2.45, 2.75) is 58.9 Å². The molecule has 1 unspecified atom stereocenters. The van der Waals surface area contributed by atoms with Crippen LogP contribution in [0.15, 0.2) is 48.5 Å². The summed E-state index contributed by atoms with van der Waals surface area (Å²) in [7, 11) is 0. The number of carboxylic acid groups (broad SMARTS) is 1. The van der Waals surface area contributed by atoms with Crippen LogP contribution >= 0.6 is 0 Å². The van der Waals surface area contributed by atoms with Crippen LogP contribution in [0.1, 0.15) is 64.0 Å². The predicted molar refractivity (Wildman–Crippen MR) is 135 cm³/mol. The average molecular weight is 481 g/mol. The Balaban J connectivity index is 1.65. The second kappa shape index (κ2) is 11.4. The first kappa shape index (κ1) is 26.3. The monoisotopic (exact) mass is 480 g/mol. The van der Waals surface area contributed by atoms with E-state index in [1.165, 1.54) is 0 Å². The average Bonchev–Trinajstić information content (AvgIpc) is 3.16. The third-order valence-corrected chi connectivity index (χ3v) is 7.07. The van der Waals surface area contributed by atoms with Crippen molar-refractivity contribution in [2.24, 2.45) is 11.3 Å². The van der Waals surface area contributed by atoms with Crippen LogP contribution in [0.4, 0.5) is 4.79 Å². The quantitative estimate of drug-likeness (QED) is 0.422. The zero-order chi connectivity index (χ0) is 25.6. The molecule has 0 fully saturated rings. The number of benzene rings is 2. The van der Waals surface area contributed by atoms with Crippen molar-refractivity contribution in [2.75, 3.05) is 13.2 Å². The predicted octanol–water partition coefficient (Wildman–Crippen LogP) is 4.95. The van der Waals surface area contributed by atoms with Crippen molar-refractivity contribution < 1.29 is 24.2 Å². The van der Waals surface area contributed by atoms with Crippen LogP contribution < -0.4 is 10.6 Å². The normalized spacial score (nSPS) is 13.6. The SMILES string of the molecule is CCC(CC)(CNC(=O)C(CC(C)C)NC(=O)OCC1c2ccccc2-c2ccccc21)C(=O)O. The number of hydrogen-bond acceptors (Lipinski definition) is 4. The van der Waals surface area contributed by atoms with Crippen LogP contribution in [-0.2, 0) is 14.3 Å². The van der Waals surface area contributed by atoms with Gasteiger partial charge < -0.3 is 20.5 Å². The summed E-state index contributed by atoms with van der Waals surface area (Å²) in [6.45, 7) is 7.67. The maximum Gasteiger partial charge on any atom is 0.407 e. The van der Waals surface area contributed by atoms with E-state index in [0.717, 1.165) is 22.3 Å². The van der Waals surface area contributed by atoms with Gasteiger partial charge in [0.15, 0.2) is 0 Å². The zero-order valence-electron chi connectivity index (χ0n) is 21.0.